The van der Waals surface area contributed by atoms with Crippen molar-refractivity contribution in [3.63, 3.8) is 0 Å². The van der Waals surface area contributed by atoms with Crippen LogP contribution in [0.3, 0.4) is 0 Å². The third-order valence-electron chi connectivity index (χ3n) is 4.11. The van der Waals surface area contributed by atoms with Crippen LogP contribution in [0.15, 0.2) is 24.3 Å². The summed E-state index contributed by atoms with van der Waals surface area (Å²) in [6, 6.07) is 12.1. The van der Waals surface area contributed by atoms with E-state index in [9.17, 15) is 10.5 Å². The summed E-state index contributed by atoms with van der Waals surface area (Å²) in [6.45, 7) is 7.78. The molecule has 1 aromatic carbocycles. The summed E-state index contributed by atoms with van der Waals surface area (Å²) < 4.78 is 0. The first-order valence-electron chi connectivity index (χ1n) is 8.04. The summed E-state index contributed by atoms with van der Waals surface area (Å²) in [5.74, 6) is 0.471. The van der Waals surface area contributed by atoms with E-state index in [1.807, 2.05) is 52.0 Å². The van der Waals surface area contributed by atoms with Gasteiger partial charge in [0.05, 0.1) is 17.2 Å². The van der Waals surface area contributed by atoms with Crippen LogP contribution in [-0.2, 0) is 18.3 Å². The molecule has 0 spiro atoms. The Morgan fingerprint density at radius 1 is 1.04 bits per heavy atom. The third kappa shape index (κ3) is 3.36. The molecular formula is C19H21N5. The summed E-state index contributed by atoms with van der Waals surface area (Å²) in [5, 5.41) is 30.3. The highest BCUT2D eigenvalue weighted by molar-refractivity contribution is 5.65. The van der Waals surface area contributed by atoms with Crippen LogP contribution in [0, 0.1) is 22.7 Å². The molecule has 2 rings (SSSR count). The molecule has 0 amide bonds. The monoisotopic (exact) mass is 319 g/mol. The Kier molecular flexibility index (Phi) is 5.16. The Morgan fingerprint density at radius 3 is 2.21 bits per heavy atom. The highest BCUT2D eigenvalue weighted by atomic mass is 15.2. The Labute approximate surface area is 143 Å². The van der Waals surface area contributed by atoms with E-state index in [-0.39, 0.29) is 0 Å². The average Bonchev–Trinajstić information content (AvgIpc) is 2.61. The zero-order chi connectivity index (χ0) is 17.7. The lowest BCUT2D eigenvalue weighted by atomic mass is 9.86. The quantitative estimate of drug-likeness (QED) is 0.899. The first kappa shape index (κ1) is 17.4. The number of anilines is 2. The molecule has 2 aromatic rings. The molecule has 0 fully saturated rings. The molecule has 5 nitrogen and oxygen atoms in total. The second-order valence-electron chi connectivity index (χ2n) is 6.11. The minimum absolute atomic E-state index is 0.471. The Balaban J connectivity index is 2.36. The van der Waals surface area contributed by atoms with Gasteiger partial charge >= 0.3 is 0 Å². The predicted molar refractivity (Wildman–Crippen MR) is 93.9 cm³/mol. The van der Waals surface area contributed by atoms with Crippen molar-refractivity contribution >= 4 is 11.5 Å². The maximum absolute atomic E-state index is 9.52. The molecule has 0 aliphatic heterocycles. The first-order valence-corrected chi connectivity index (χ1v) is 8.04. The molecule has 0 bridgehead atoms. The van der Waals surface area contributed by atoms with Crippen molar-refractivity contribution in [1.82, 2.24) is 10.2 Å². The molecule has 1 N–H and O–H groups in total. The summed E-state index contributed by atoms with van der Waals surface area (Å²) in [6.07, 6.45) is 1.49. The van der Waals surface area contributed by atoms with Gasteiger partial charge in [0.15, 0.2) is 5.82 Å². The van der Waals surface area contributed by atoms with Crippen LogP contribution in [-0.4, -0.2) is 10.2 Å². The molecule has 0 saturated heterocycles. The van der Waals surface area contributed by atoms with Crippen molar-refractivity contribution in [2.24, 2.45) is 0 Å². The van der Waals surface area contributed by atoms with Crippen LogP contribution in [0.5, 0.6) is 0 Å². The second kappa shape index (κ2) is 7.10. The molecular weight excluding hydrogens is 298 g/mol. The minimum atomic E-state index is -0.533. The van der Waals surface area contributed by atoms with Crippen molar-refractivity contribution in [3.8, 4) is 12.1 Å². The molecule has 5 heteroatoms. The predicted octanol–water partition coefficient (Wildman–Crippen LogP) is 4.02. The molecule has 0 radical (unpaired) electrons. The minimum Gasteiger partial charge on any atom is -0.338 e. The molecule has 1 heterocycles. The van der Waals surface area contributed by atoms with Gasteiger partial charge in [-0.25, -0.2) is 0 Å². The van der Waals surface area contributed by atoms with E-state index < -0.39 is 5.41 Å². The maximum atomic E-state index is 9.52. The van der Waals surface area contributed by atoms with Crippen molar-refractivity contribution in [2.45, 2.75) is 46.0 Å². The van der Waals surface area contributed by atoms with Crippen molar-refractivity contribution in [1.29, 1.82) is 10.5 Å². The van der Waals surface area contributed by atoms with Crippen LogP contribution in [0.25, 0.3) is 0 Å². The Hall–Kier alpha value is -2.92. The SMILES string of the molecule is CCc1nnc(Nc2ccc(C(C)(C)C#N)cc2)c(C#N)c1CC. The molecule has 0 aliphatic rings. The lowest BCUT2D eigenvalue weighted by Crippen LogP contribution is -2.13. The zero-order valence-electron chi connectivity index (χ0n) is 14.5. The van der Waals surface area contributed by atoms with Crippen LogP contribution in [0.4, 0.5) is 11.5 Å². The van der Waals surface area contributed by atoms with Gasteiger partial charge in [-0.3, -0.25) is 0 Å². The van der Waals surface area contributed by atoms with Crippen molar-refractivity contribution in [3.05, 3.63) is 46.6 Å². The third-order valence-corrected chi connectivity index (χ3v) is 4.11. The summed E-state index contributed by atoms with van der Waals surface area (Å²) in [5.41, 5.74) is 3.58. The summed E-state index contributed by atoms with van der Waals surface area (Å²) >= 11 is 0. The highest BCUT2D eigenvalue weighted by Crippen LogP contribution is 2.26. The fourth-order valence-electron chi connectivity index (χ4n) is 2.55. The van der Waals surface area contributed by atoms with E-state index in [1.165, 1.54) is 0 Å². The van der Waals surface area contributed by atoms with Gasteiger partial charge in [0.1, 0.15) is 11.6 Å². The molecule has 0 unspecified atom stereocenters. The van der Waals surface area contributed by atoms with Gasteiger partial charge in [-0.1, -0.05) is 26.0 Å². The van der Waals surface area contributed by atoms with E-state index in [2.05, 4.69) is 27.7 Å². The van der Waals surface area contributed by atoms with Gasteiger partial charge in [0, 0.05) is 5.69 Å². The average molecular weight is 319 g/mol. The molecule has 1 aromatic heterocycles. The van der Waals surface area contributed by atoms with Gasteiger partial charge in [-0.05, 0) is 49.9 Å². The first-order chi connectivity index (χ1) is 11.5. The maximum Gasteiger partial charge on any atom is 0.171 e. The lowest BCUT2D eigenvalue weighted by Gasteiger charge is -2.16. The lowest BCUT2D eigenvalue weighted by molar-refractivity contribution is 0.687. The summed E-state index contributed by atoms with van der Waals surface area (Å²) in [4.78, 5) is 0. The molecule has 0 atom stereocenters. The van der Waals surface area contributed by atoms with Crippen LogP contribution in [0.2, 0.25) is 0 Å². The van der Waals surface area contributed by atoms with E-state index in [4.69, 9.17) is 0 Å². The smallest absolute Gasteiger partial charge is 0.171 e. The van der Waals surface area contributed by atoms with Gasteiger partial charge in [-0.2, -0.15) is 15.6 Å². The van der Waals surface area contributed by atoms with Gasteiger partial charge in [0.2, 0.25) is 0 Å². The molecule has 0 saturated carbocycles. The number of rotatable bonds is 5. The fraction of sp³-hybridized carbons (Fsp3) is 0.368. The number of nitrogens with zero attached hydrogens (tertiary/aromatic N) is 4. The Bertz CT molecular complexity index is 807. The van der Waals surface area contributed by atoms with Gasteiger partial charge in [0.25, 0.3) is 0 Å². The van der Waals surface area contributed by atoms with Crippen molar-refractivity contribution < 1.29 is 0 Å². The highest BCUT2D eigenvalue weighted by Gasteiger charge is 2.19. The van der Waals surface area contributed by atoms with E-state index in [0.29, 0.717) is 11.4 Å². The fourth-order valence-corrected chi connectivity index (χ4v) is 2.55. The van der Waals surface area contributed by atoms with E-state index >= 15 is 0 Å². The summed E-state index contributed by atoms with van der Waals surface area (Å²) in [7, 11) is 0. The number of hydrogen-bond donors (Lipinski definition) is 1. The largest absolute Gasteiger partial charge is 0.338 e. The van der Waals surface area contributed by atoms with E-state index in [1.54, 1.807) is 0 Å². The molecule has 0 aliphatic carbocycles. The van der Waals surface area contributed by atoms with Crippen LogP contribution in [0.1, 0.15) is 50.1 Å². The standard InChI is InChI=1S/C19H21N5/c1-5-15-16(11-20)18(24-23-17(15)6-2)22-14-9-7-13(8-10-14)19(3,4)12-21/h7-10H,5-6H2,1-4H3,(H,22,24). The topological polar surface area (TPSA) is 85.4 Å². The van der Waals surface area contributed by atoms with Crippen LogP contribution < -0.4 is 5.32 Å². The van der Waals surface area contributed by atoms with Crippen LogP contribution >= 0.6 is 0 Å². The number of nitrogens with one attached hydrogen (secondary N) is 1. The zero-order valence-corrected chi connectivity index (χ0v) is 14.5. The number of aryl methyl sites for hydroxylation is 1. The van der Waals surface area contributed by atoms with Gasteiger partial charge < -0.3 is 5.32 Å². The van der Waals surface area contributed by atoms with Crippen molar-refractivity contribution in [2.75, 3.05) is 5.32 Å². The number of benzene rings is 1. The Morgan fingerprint density at radius 2 is 1.71 bits per heavy atom. The molecule has 24 heavy (non-hydrogen) atoms. The normalized spacial score (nSPS) is 10.8. The number of nitriles is 2. The van der Waals surface area contributed by atoms with Gasteiger partial charge in [-0.15, -0.1) is 5.10 Å². The second-order valence-corrected chi connectivity index (χ2v) is 6.11. The molecule has 122 valence electrons. The number of hydrogen-bond acceptors (Lipinski definition) is 5. The van der Waals surface area contributed by atoms with E-state index in [0.717, 1.165) is 35.3 Å². The number of aromatic nitrogens is 2.